The van der Waals surface area contributed by atoms with Crippen LogP contribution in [-0.2, 0) is 4.79 Å². The van der Waals surface area contributed by atoms with E-state index in [4.69, 9.17) is 0 Å². The minimum atomic E-state index is -0.954. The standard InChI is InChI=1S/C67H127NO4/c1-3-5-7-9-11-13-15-17-19-21-23-25-26-27-28-29-30-31-32-33-34-35-36-37-38-39-40-41-42-44-46-48-50-52-54-56-58-60-64(70)62-67(72)68-65(63-69)66(71)61-59-57-55-53-51-49-47-45-43-24-22-20-18-16-14-12-10-8-6-4-2/h30-31,33-34,51,53,59,61,64-66,69-71H,3-29,32,35-50,52,54-58,60,62-63H2,1-2H3,(H,68,72)/b31-30-,34-33-,53-51+,61-59+. The number of carbonyl (C=O) groups is 1. The van der Waals surface area contributed by atoms with E-state index in [2.05, 4.69) is 55.6 Å². The van der Waals surface area contributed by atoms with E-state index < -0.39 is 18.2 Å². The second-order valence-electron chi connectivity index (χ2n) is 22.4. The highest BCUT2D eigenvalue weighted by Gasteiger charge is 2.20. The lowest BCUT2D eigenvalue weighted by Crippen LogP contribution is -2.45. The molecule has 0 radical (unpaired) electrons. The Bertz CT molecular complexity index is 1160. The molecule has 0 aliphatic carbocycles. The quantitative estimate of drug-likeness (QED) is 0.0361. The SMILES string of the molecule is CCCCCCCCCCCCCCCC/C=C/CC/C=C/C(O)C(CO)NC(=O)CC(O)CCCCCCCCCCCCCCCCC/C=C\C/C=C\CCCCCCCCCCCCCCCCC. The Kier molecular flexibility index (Phi) is 60.4. The highest BCUT2D eigenvalue weighted by atomic mass is 16.3. The third-order valence-corrected chi connectivity index (χ3v) is 15.1. The molecule has 0 spiro atoms. The van der Waals surface area contributed by atoms with Gasteiger partial charge in [0.15, 0.2) is 0 Å². The van der Waals surface area contributed by atoms with Crippen LogP contribution in [0.1, 0.15) is 348 Å². The van der Waals surface area contributed by atoms with Crippen LogP contribution in [0.2, 0.25) is 0 Å². The molecule has 0 aliphatic heterocycles. The first-order valence-electron chi connectivity index (χ1n) is 32.4. The zero-order valence-corrected chi connectivity index (χ0v) is 48.6. The van der Waals surface area contributed by atoms with Gasteiger partial charge in [-0.15, -0.1) is 0 Å². The number of unbranched alkanes of at least 4 members (excludes halogenated alkanes) is 45. The van der Waals surface area contributed by atoms with Crippen LogP contribution in [0.4, 0.5) is 0 Å². The molecule has 0 aromatic carbocycles. The molecule has 0 aliphatic rings. The third-order valence-electron chi connectivity index (χ3n) is 15.1. The first-order chi connectivity index (χ1) is 35.5. The fourth-order valence-corrected chi connectivity index (χ4v) is 10.2. The molecule has 5 nitrogen and oxygen atoms in total. The number of allylic oxidation sites excluding steroid dienone is 7. The van der Waals surface area contributed by atoms with Gasteiger partial charge in [0.25, 0.3) is 0 Å². The van der Waals surface area contributed by atoms with Crippen molar-refractivity contribution in [2.75, 3.05) is 6.61 Å². The Morgan fingerprint density at radius 3 is 0.972 bits per heavy atom. The maximum atomic E-state index is 12.5. The van der Waals surface area contributed by atoms with Crippen molar-refractivity contribution in [3.63, 3.8) is 0 Å². The van der Waals surface area contributed by atoms with Crippen molar-refractivity contribution in [3.05, 3.63) is 48.6 Å². The summed E-state index contributed by atoms with van der Waals surface area (Å²) in [6.45, 7) is 4.24. The summed E-state index contributed by atoms with van der Waals surface area (Å²) in [5.41, 5.74) is 0. The normalized spacial score (nSPS) is 13.5. The molecule has 0 saturated carbocycles. The summed E-state index contributed by atoms with van der Waals surface area (Å²) in [5.74, 6) is -0.321. The summed E-state index contributed by atoms with van der Waals surface area (Å²) < 4.78 is 0. The number of nitrogens with one attached hydrogen (secondary N) is 1. The van der Waals surface area contributed by atoms with Gasteiger partial charge < -0.3 is 20.6 Å². The summed E-state index contributed by atoms with van der Waals surface area (Å²) in [5, 5.41) is 33.5. The number of carbonyl (C=O) groups excluding carboxylic acids is 1. The smallest absolute Gasteiger partial charge is 0.222 e. The van der Waals surface area contributed by atoms with E-state index in [1.165, 1.54) is 283 Å². The van der Waals surface area contributed by atoms with E-state index >= 15 is 0 Å². The number of hydrogen-bond donors (Lipinski definition) is 4. The van der Waals surface area contributed by atoms with Gasteiger partial charge in [-0.05, 0) is 64.2 Å². The first-order valence-corrected chi connectivity index (χ1v) is 32.4. The zero-order chi connectivity index (χ0) is 52.2. The Morgan fingerprint density at radius 2 is 0.639 bits per heavy atom. The van der Waals surface area contributed by atoms with Gasteiger partial charge in [0, 0.05) is 0 Å². The summed E-state index contributed by atoms with van der Waals surface area (Å²) in [7, 11) is 0. The van der Waals surface area contributed by atoms with E-state index in [9.17, 15) is 20.1 Å². The molecule has 0 bridgehead atoms. The molecule has 0 fully saturated rings. The fraction of sp³-hybridized carbons (Fsp3) is 0.866. The van der Waals surface area contributed by atoms with Crippen LogP contribution in [-0.4, -0.2) is 46.1 Å². The van der Waals surface area contributed by atoms with Gasteiger partial charge in [0.2, 0.25) is 5.91 Å². The molecule has 424 valence electrons. The molecule has 72 heavy (non-hydrogen) atoms. The van der Waals surface area contributed by atoms with Crippen LogP contribution in [0.25, 0.3) is 0 Å². The van der Waals surface area contributed by atoms with E-state index in [-0.39, 0.29) is 18.9 Å². The molecule has 3 atom stereocenters. The lowest BCUT2D eigenvalue weighted by Gasteiger charge is -2.21. The van der Waals surface area contributed by atoms with Crippen LogP contribution >= 0.6 is 0 Å². The molecule has 5 heteroatoms. The first kappa shape index (κ1) is 70.3. The predicted molar refractivity (Wildman–Crippen MR) is 319 cm³/mol. The van der Waals surface area contributed by atoms with Crippen molar-refractivity contribution in [3.8, 4) is 0 Å². The Labute approximate surface area is 450 Å². The van der Waals surface area contributed by atoms with Crippen molar-refractivity contribution in [1.82, 2.24) is 5.32 Å². The maximum Gasteiger partial charge on any atom is 0.222 e. The fourth-order valence-electron chi connectivity index (χ4n) is 10.2. The Hall–Kier alpha value is -1.69. The Morgan fingerprint density at radius 1 is 0.361 bits per heavy atom. The summed E-state index contributed by atoms with van der Waals surface area (Å²) in [4.78, 5) is 12.5. The molecular weight excluding hydrogens is 883 g/mol. The highest BCUT2D eigenvalue weighted by Crippen LogP contribution is 2.18. The molecule has 3 unspecified atom stereocenters. The third kappa shape index (κ3) is 57.6. The molecule has 1 amide bonds. The van der Waals surface area contributed by atoms with Crippen molar-refractivity contribution in [1.29, 1.82) is 0 Å². The van der Waals surface area contributed by atoms with E-state index in [1.807, 2.05) is 6.08 Å². The number of aliphatic hydroxyl groups is 3. The lowest BCUT2D eigenvalue weighted by molar-refractivity contribution is -0.124. The van der Waals surface area contributed by atoms with E-state index in [1.54, 1.807) is 6.08 Å². The van der Waals surface area contributed by atoms with Gasteiger partial charge in [0.1, 0.15) is 0 Å². The van der Waals surface area contributed by atoms with Crippen molar-refractivity contribution < 1.29 is 20.1 Å². The zero-order valence-electron chi connectivity index (χ0n) is 48.6. The summed E-state index contributed by atoms with van der Waals surface area (Å²) in [6.07, 6.45) is 83.5. The van der Waals surface area contributed by atoms with Crippen molar-refractivity contribution >= 4 is 5.91 Å². The molecule has 0 aromatic rings. The molecule has 0 saturated heterocycles. The van der Waals surface area contributed by atoms with Crippen LogP contribution in [0.5, 0.6) is 0 Å². The van der Waals surface area contributed by atoms with Crippen molar-refractivity contribution in [2.45, 2.75) is 366 Å². The predicted octanol–water partition coefficient (Wildman–Crippen LogP) is 20.7. The number of aliphatic hydroxyl groups excluding tert-OH is 3. The molecule has 0 rings (SSSR count). The van der Waals surface area contributed by atoms with Gasteiger partial charge in [-0.25, -0.2) is 0 Å². The highest BCUT2D eigenvalue weighted by molar-refractivity contribution is 5.76. The molecule has 0 aromatic heterocycles. The second-order valence-corrected chi connectivity index (χ2v) is 22.4. The number of amides is 1. The van der Waals surface area contributed by atoms with Crippen LogP contribution in [0.15, 0.2) is 48.6 Å². The van der Waals surface area contributed by atoms with Gasteiger partial charge in [0.05, 0.1) is 31.3 Å². The van der Waals surface area contributed by atoms with E-state index in [0.29, 0.717) is 6.42 Å². The van der Waals surface area contributed by atoms with Crippen LogP contribution < -0.4 is 5.32 Å². The van der Waals surface area contributed by atoms with Crippen LogP contribution in [0.3, 0.4) is 0 Å². The lowest BCUT2D eigenvalue weighted by atomic mass is 10.0. The molecular formula is C67H127NO4. The van der Waals surface area contributed by atoms with Gasteiger partial charge in [-0.3, -0.25) is 4.79 Å². The maximum absolute atomic E-state index is 12.5. The monoisotopic (exact) mass is 1010 g/mol. The van der Waals surface area contributed by atoms with E-state index in [0.717, 1.165) is 38.5 Å². The Balaban J connectivity index is 3.52. The molecule has 4 N–H and O–H groups in total. The average molecular weight is 1010 g/mol. The van der Waals surface area contributed by atoms with Gasteiger partial charge in [-0.2, -0.15) is 0 Å². The van der Waals surface area contributed by atoms with Crippen LogP contribution in [0, 0.1) is 0 Å². The molecule has 0 heterocycles. The second kappa shape index (κ2) is 61.9. The van der Waals surface area contributed by atoms with Gasteiger partial charge >= 0.3 is 0 Å². The number of rotatable bonds is 60. The average Bonchev–Trinajstić information content (AvgIpc) is 3.38. The summed E-state index contributed by atoms with van der Waals surface area (Å²) >= 11 is 0. The minimum absolute atomic E-state index is 0.00646. The largest absolute Gasteiger partial charge is 0.394 e. The minimum Gasteiger partial charge on any atom is -0.394 e. The number of hydrogen-bond acceptors (Lipinski definition) is 4. The summed E-state index contributed by atoms with van der Waals surface area (Å²) in [6, 6.07) is -0.763. The van der Waals surface area contributed by atoms with Gasteiger partial charge in [-0.1, -0.05) is 326 Å². The topological polar surface area (TPSA) is 89.8 Å². The van der Waals surface area contributed by atoms with Crippen molar-refractivity contribution in [2.24, 2.45) is 0 Å².